The zero-order valence-electron chi connectivity index (χ0n) is 13.2. The van der Waals surface area contributed by atoms with Crippen molar-refractivity contribution >= 4 is 11.3 Å². The predicted octanol–water partition coefficient (Wildman–Crippen LogP) is 3.00. The standard InChI is InChI=1S/C15H27N3OS/c1-9(2)16-8-6-7-13-17-18-15(20-13)14-10(3)11(4)19-12(14)5/h9-12,14,16H,6-8H2,1-5H3. The first-order chi connectivity index (χ1) is 9.49. The van der Waals surface area contributed by atoms with Crippen molar-refractivity contribution in [3.63, 3.8) is 0 Å². The van der Waals surface area contributed by atoms with Crippen molar-refractivity contribution in [2.45, 2.75) is 71.6 Å². The molecule has 0 spiro atoms. The molecule has 4 nitrogen and oxygen atoms in total. The lowest BCUT2D eigenvalue weighted by Crippen LogP contribution is -2.23. The minimum absolute atomic E-state index is 0.253. The third-order valence-corrected chi connectivity index (χ3v) is 5.21. The molecule has 114 valence electrons. The largest absolute Gasteiger partial charge is 0.375 e. The lowest BCUT2D eigenvalue weighted by Gasteiger charge is -2.14. The third-order valence-electron chi connectivity index (χ3n) is 4.13. The van der Waals surface area contributed by atoms with Gasteiger partial charge in [-0.25, -0.2) is 0 Å². The monoisotopic (exact) mass is 297 g/mol. The highest BCUT2D eigenvalue weighted by Crippen LogP contribution is 2.40. The quantitative estimate of drug-likeness (QED) is 0.820. The van der Waals surface area contributed by atoms with Gasteiger partial charge in [0.25, 0.3) is 0 Å². The summed E-state index contributed by atoms with van der Waals surface area (Å²) in [5.74, 6) is 0.929. The molecule has 0 saturated carbocycles. The second kappa shape index (κ2) is 6.96. The van der Waals surface area contributed by atoms with Crippen molar-refractivity contribution in [2.75, 3.05) is 6.54 Å². The lowest BCUT2D eigenvalue weighted by atomic mass is 9.90. The summed E-state index contributed by atoms with van der Waals surface area (Å²) in [6.07, 6.45) is 2.71. The molecule has 0 radical (unpaired) electrons. The minimum Gasteiger partial charge on any atom is -0.375 e. The summed E-state index contributed by atoms with van der Waals surface area (Å²) in [6.45, 7) is 12.0. The van der Waals surface area contributed by atoms with Gasteiger partial charge >= 0.3 is 0 Å². The lowest BCUT2D eigenvalue weighted by molar-refractivity contribution is 0.0556. The van der Waals surface area contributed by atoms with Crippen LogP contribution in [-0.2, 0) is 11.2 Å². The highest BCUT2D eigenvalue weighted by molar-refractivity contribution is 7.11. The van der Waals surface area contributed by atoms with Crippen LogP contribution in [-0.4, -0.2) is 35.0 Å². The number of ether oxygens (including phenoxy) is 1. The van der Waals surface area contributed by atoms with Gasteiger partial charge in [-0.3, -0.25) is 0 Å². The Morgan fingerprint density at radius 1 is 1.20 bits per heavy atom. The summed E-state index contributed by atoms with van der Waals surface area (Å²) in [5.41, 5.74) is 0. The van der Waals surface area contributed by atoms with Crippen LogP contribution in [0.4, 0.5) is 0 Å². The maximum Gasteiger partial charge on any atom is 0.123 e. The van der Waals surface area contributed by atoms with Gasteiger partial charge in [0.05, 0.1) is 12.2 Å². The zero-order chi connectivity index (χ0) is 14.7. The molecule has 20 heavy (non-hydrogen) atoms. The summed E-state index contributed by atoms with van der Waals surface area (Å²) in [5, 5.41) is 14.5. The minimum atomic E-state index is 0.253. The number of hydrogen-bond acceptors (Lipinski definition) is 5. The summed E-state index contributed by atoms with van der Waals surface area (Å²) < 4.78 is 5.90. The summed E-state index contributed by atoms with van der Waals surface area (Å²) in [7, 11) is 0. The number of aryl methyl sites for hydroxylation is 1. The van der Waals surface area contributed by atoms with E-state index in [2.05, 4.69) is 50.1 Å². The Kier molecular flexibility index (Phi) is 5.52. The van der Waals surface area contributed by atoms with E-state index in [1.165, 1.54) is 0 Å². The fourth-order valence-corrected chi connectivity index (χ4v) is 4.02. The SMILES string of the molecule is CC(C)NCCCc1nnc(C2C(C)OC(C)C2C)s1. The van der Waals surface area contributed by atoms with E-state index >= 15 is 0 Å². The molecule has 1 aromatic heterocycles. The van der Waals surface area contributed by atoms with Crippen LogP contribution in [0.2, 0.25) is 0 Å². The van der Waals surface area contributed by atoms with Crippen molar-refractivity contribution in [1.29, 1.82) is 0 Å². The van der Waals surface area contributed by atoms with Crippen molar-refractivity contribution in [1.82, 2.24) is 15.5 Å². The first kappa shape index (κ1) is 15.9. The van der Waals surface area contributed by atoms with Gasteiger partial charge in [0.1, 0.15) is 10.0 Å². The van der Waals surface area contributed by atoms with E-state index < -0.39 is 0 Å². The van der Waals surface area contributed by atoms with E-state index in [1.54, 1.807) is 11.3 Å². The van der Waals surface area contributed by atoms with Crippen molar-refractivity contribution in [2.24, 2.45) is 5.92 Å². The molecule has 1 saturated heterocycles. The second-order valence-electron chi connectivity index (χ2n) is 6.18. The maximum absolute atomic E-state index is 5.90. The van der Waals surface area contributed by atoms with E-state index in [4.69, 9.17) is 4.74 Å². The Balaban J connectivity index is 1.89. The van der Waals surface area contributed by atoms with E-state index in [0.717, 1.165) is 29.4 Å². The first-order valence-corrected chi connectivity index (χ1v) is 8.51. The molecule has 1 aliphatic rings. The molecule has 1 fully saturated rings. The molecule has 4 atom stereocenters. The maximum atomic E-state index is 5.90. The number of hydrogen-bond donors (Lipinski definition) is 1. The molecule has 1 aliphatic heterocycles. The number of nitrogens with zero attached hydrogens (tertiary/aromatic N) is 2. The van der Waals surface area contributed by atoms with Crippen molar-refractivity contribution in [3.05, 3.63) is 10.0 Å². The van der Waals surface area contributed by atoms with Crippen LogP contribution in [0, 0.1) is 5.92 Å². The van der Waals surface area contributed by atoms with Gasteiger partial charge in [0.15, 0.2) is 0 Å². The Labute approximate surface area is 126 Å². The van der Waals surface area contributed by atoms with Gasteiger partial charge < -0.3 is 10.1 Å². The Morgan fingerprint density at radius 3 is 2.55 bits per heavy atom. The molecule has 1 aromatic rings. The van der Waals surface area contributed by atoms with Gasteiger partial charge in [0, 0.05) is 18.4 Å². The van der Waals surface area contributed by atoms with Gasteiger partial charge in [-0.1, -0.05) is 20.8 Å². The summed E-state index contributed by atoms with van der Waals surface area (Å²) in [4.78, 5) is 0. The fourth-order valence-electron chi connectivity index (χ4n) is 2.82. The highest BCUT2D eigenvalue weighted by Gasteiger charge is 2.39. The molecule has 4 unspecified atom stereocenters. The molecule has 0 aliphatic carbocycles. The van der Waals surface area contributed by atoms with Crippen LogP contribution < -0.4 is 5.32 Å². The van der Waals surface area contributed by atoms with Crippen LogP contribution in [0.5, 0.6) is 0 Å². The average Bonchev–Trinajstić information content (AvgIpc) is 2.91. The first-order valence-electron chi connectivity index (χ1n) is 7.70. The van der Waals surface area contributed by atoms with Gasteiger partial charge in [0.2, 0.25) is 0 Å². The van der Waals surface area contributed by atoms with Gasteiger partial charge in [-0.15, -0.1) is 21.5 Å². The Bertz CT molecular complexity index is 421. The molecule has 5 heteroatoms. The van der Waals surface area contributed by atoms with Crippen LogP contribution >= 0.6 is 11.3 Å². The highest BCUT2D eigenvalue weighted by atomic mass is 32.1. The molecule has 0 bridgehead atoms. The van der Waals surface area contributed by atoms with Crippen LogP contribution in [0.3, 0.4) is 0 Å². The van der Waals surface area contributed by atoms with E-state index in [1.807, 2.05) is 0 Å². The van der Waals surface area contributed by atoms with E-state index in [9.17, 15) is 0 Å². The second-order valence-corrected chi connectivity index (χ2v) is 7.27. The van der Waals surface area contributed by atoms with E-state index in [-0.39, 0.29) is 6.10 Å². The molecule has 2 heterocycles. The van der Waals surface area contributed by atoms with Crippen molar-refractivity contribution < 1.29 is 4.74 Å². The topological polar surface area (TPSA) is 47.0 Å². The Hall–Kier alpha value is -0.520. The normalized spacial score (nSPS) is 30.3. The molecular weight excluding hydrogens is 270 g/mol. The van der Waals surface area contributed by atoms with Gasteiger partial charge in [-0.2, -0.15) is 0 Å². The zero-order valence-corrected chi connectivity index (χ0v) is 14.0. The molecule has 0 aromatic carbocycles. The Morgan fingerprint density at radius 2 is 1.95 bits per heavy atom. The average molecular weight is 297 g/mol. The molecular formula is C15H27N3OS. The number of rotatable bonds is 6. The molecule has 1 N–H and O–H groups in total. The molecule has 0 amide bonds. The number of nitrogens with one attached hydrogen (secondary N) is 1. The summed E-state index contributed by atoms with van der Waals surface area (Å²) in [6, 6.07) is 0.554. The van der Waals surface area contributed by atoms with Crippen molar-refractivity contribution in [3.8, 4) is 0 Å². The molecule has 2 rings (SSSR count). The third kappa shape index (κ3) is 3.77. The summed E-state index contributed by atoms with van der Waals surface area (Å²) >= 11 is 1.77. The van der Waals surface area contributed by atoms with Gasteiger partial charge in [-0.05, 0) is 32.7 Å². The number of aromatic nitrogens is 2. The smallest absolute Gasteiger partial charge is 0.123 e. The van der Waals surface area contributed by atoms with Crippen LogP contribution in [0.25, 0.3) is 0 Å². The van der Waals surface area contributed by atoms with Crippen LogP contribution in [0.15, 0.2) is 0 Å². The predicted molar refractivity (Wildman–Crippen MR) is 83.3 cm³/mol. The fraction of sp³-hybridized carbons (Fsp3) is 0.867. The van der Waals surface area contributed by atoms with Crippen LogP contribution in [0.1, 0.15) is 57.0 Å². The van der Waals surface area contributed by atoms with E-state index in [0.29, 0.717) is 24.0 Å².